The zero-order valence-corrected chi connectivity index (χ0v) is 19.5. The number of amides is 2. The lowest BCUT2D eigenvalue weighted by molar-refractivity contribution is -0.150. The van der Waals surface area contributed by atoms with Crippen LogP contribution in [0.4, 0.5) is 23.7 Å². The summed E-state index contributed by atoms with van der Waals surface area (Å²) in [6.45, 7) is 3.04. The number of rotatable bonds is 6. The highest BCUT2D eigenvalue weighted by Crippen LogP contribution is 2.35. The van der Waals surface area contributed by atoms with Gasteiger partial charge in [0.25, 0.3) is 0 Å². The summed E-state index contributed by atoms with van der Waals surface area (Å²) in [5.74, 6) is -0.563. The molecule has 1 unspecified atom stereocenters. The second-order valence-electron chi connectivity index (χ2n) is 7.74. The summed E-state index contributed by atoms with van der Waals surface area (Å²) in [5, 5.41) is 5.98. The quantitative estimate of drug-likeness (QED) is 0.407. The Kier molecular flexibility index (Phi) is 7.52. The molecular formula is C23H23ClF3N3O4. The Morgan fingerprint density at radius 1 is 1.15 bits per heavy atom. The predicted octanol–water partition coefficient (Wildman–Crippen LogP) is 5.18. The molecule has 1 aliphatic rings. The van der Waals surface area contributed by atoms with E-state index in [1.807, 2.05) is 0 Å². The summed E-state index contributed by atoms with van der Waals surface area (Å²) in [5.41, 5.74) is -1.07. The molecule has 0 N–H and O–H groups in total. The van der Waals surface area contributed by atoms with Gasteiger partial charge in [0.15, 0.2) is 0 Å². The fraction of sp³-hybridized carbons (Fsp3) is 0.348. The molecule has 0 fully saturated rings. The number of benzene rings is 2. The molecule has 7 nitrogen and oxygen atoms in total. The van der Waals surface area contributed by atoms with Crippen molar-refractivity contribution in [1.29, 1.82) is 0 Å². The van der Waals surface area contributed by atoms with E-state index in [0.717, 1.165) is 22.0 Å². The monoisotopic (exact) mass is 497 g/mol. The Hall–Kier alpha value is -3.11. The van der Waals surface area contributed by atoms with Crippen molar-refractivity contribution in [3.8, 4) is 0 Å². The van der Waals surface area contributed by atoms with Gasteiger partial charge in [-0.25, -0.2) is 9.80 Å². The zero-order valence-electron chi connectivity index (χ0n) is 18.7. The maximum absolute atomic E-state index is 13.4. The van der Waals surface area contributed by atoms with Crippen LogP contribution in [0, 0.1) is 5.41 Å². The number of methoxy groups -OCH3 is 1. The SMILES string of the molecule is CCOC(=O)C1(C)CN(C(=O)N(COC)c2ccc(C(F)(F)F)cc2)N=C1c1ccc(Cl)cc1. The number of nitrogens with zero attached hydrogens (tertiary/aromatic N) is 3. The van der Waals surface area contributed by atoms with E-state index in [1.165, 1.54) is 19.2 Å². The van der Waals surface area contributed by atoms with Crippen LogP contribution < -0.4 is 4.90 Å². The molecule has 0 saturated heterocycles. The van der Waals surface area contributed by atoms with Crippen LogP contribution in [0.1, 0.15) is 25.0 Å². The number of urea groups is 1. The number of alkyl halides is 3. The van der Waals surface area contributed by atoms with E-state index in [-0.39, 0.29) is 25.6 Å². The molecule has 3 rings (SSSR count). The van der Waals surface area contributed by atoms with E-state index in [9.17, 15) is 22.8 Å². The average molecular weight is 498 g/mol. The van der Waals surface area contributed by atoms with Gasteiger partial charge >= 0.3 is 18.2 Å². The first-order chi connectivity index (χ1) is 16.0. The first-order valence-electron chi connectivity index (χ1n) is 10.3. The molecule has 0 spiro atoms. The topological polar surface area (TPSA) is 71.4 Å². The minimum atomic E-state index is -4.51. The summed E-state index contributed by atoms with van der Waals surface area (Å²) < 4.78 is 49.2. The lowest BCUT2D eigenvalue weighted by atomic mass is 9.82. The Morgan fingerprint density at radius 3 is 2.29 bits per heavy atom. The Morgan fingerprint density at radius 2 is 1.76 bits per heavy atom. The van der Waals surface area contributed by atoms with Crippen LogP contribution in [-0.4, -0.2) is 49.7 Å². The van der Waals surface area contributed by atoms with Crippen molar-refractivity contribution in [1.82, 2.24) is 5.01 Å². The first-order valence-corrected chi connectivity index (χ1v) is 10.7. The van der Waals surface area contributed by atoms with E-state index in [2.05, 4.69) is 5.10 Å². The molecule has 0 radical (unpaired) electrons. The molecule has 0 aromatic heterocycles. The molecule has 0 saturated carbocycles. The van der Waals surface area contributed by atoms with Crippen molar-refractivity contribution in [2.75, 3.05) is 31.9 Å². The number of ether oxygens (including phenoxy) is 2. The van der Waals surface area contributed by atoms with Crippen molar-refractivity contribution in [2.45, 2.75) is 20.0 Å². The van der Waals surface area contributed by atoms with Crippen molar-refractivity contribution in [3.05, 3.63) is 64.7 Å². The normalized spacial score (nSPS) is 18.0. The lowest BCUT2D eigenvalue weighted by Gasteiger charge is -2.27. The molecule has 34 heavy (non-hydrogen) atoms. The summed E-state index contributed by atoms with van der Waals surface area (Å²) in [6.07, 6.45) is -4.51. The number of anilines is 1. The second kappa shape index (κ2) is 10.0. The number of hydrogen-bond acceptors (Lipinski definition) is 5. The number of hydrogen-bond donors (Lipinski definition) is 0. The minimum Gasteiger partial charge on any atom is -0.465 e. The fourth-order valence-electron chi connectivity index (χ4n) is 3.53. The molecule has 2 amide bonds. The van der Waals surface area contributed by atoms with Gasteiger partial charge in [-0.05, 0) is 55.8 Å². The molecule has 1 aliphatic heterocycles. The zero-order chi connectivity index (χ0) is 25.1. The second-order valence-corrected chi connectivity index (χ2v) is 8.18. The van der Waals surface area contributed by atoms with Crippen molar-refractivity contribution >= 4 is 35.0 Å². The largest absolute Gasteiger partial charge is 0.465 e. The minimum absolute atomic E-state index is 0.135. The molecular weight excluding hydrogens is 475 g/mol. The van der Waals surface area contributed by atoms with Crippen LogP contribution in [-0.2, 0) is 20.4 Å². The maximum Gasteiger partial charge on any atom is 0.416 e. The highest BCUT2D eigenvalue weighted by atomic mass is 35.5. The van der Waals surface area contributed by atoms with E-state index < -0.39 is 29.2 Å². The van der Waals surface area contributed by atoms with Gasteiger partial charge in [-0.15, -0.1) is 0 Å². The van der Waals surface area contributed by atoms with E-state index >= 15 is 0 Å². The molecule has 0 bridgehead atoms. The third kappa shape index (κ3) is 5.18. The summed E-state index contributed by atoms with van der Waals surface area (Å²) in [7, 11) is 1.35. The Balaban J connectivity index is 1.98. The predicted molar refractivity (Wildman–Crippen MR) is 121 cm³/mol. The van der Waals surface area contributed by atoms with Crippen molar-refractivity contribution < 1.29 is 32.2 Å². The smallest absolute Gasteiger partial charge is 0.416 e. The van der Waals surface area contributed by atoms with Gasteiger partial charge in [-0.3, -0.25) is 9.69 Å². The van der Waals surface area contributed by atoms with Crippen LogP contribution in [0.3, 0.4) is 0 Å². The number of carbonyl (C=O) groups is 2. The maximum atomic E-state index is 13.4. The standard InChI is InChI=1S/C23H23ClF3N3O4/c1-4-34-20(31)22(2)13-30(28-19(22)15-5-9-17(24)10-6-15)21(32)29(14-33-3)18-11-7-16(8-12-18)23(25,26)27/h5-12H,4,13-14H2,1-3H3. The summed E-state index contributed by atoms with van der Waals surface area (Å²) in [6, 6.07) is 10.0. The molecule has 2 aromatic carbocycles. The third-order valence-electron chi connectivity index (χ3n) is 5.27. The number of halogens is 4. The van der Waals surface area contributed by atoms with Gasteiger partial charge in [0.05, 0.1) is 24.4 Å². The van der Waals surface area contributed by atoms with Gasteiger partial charge in [-0.1, -0.05) is 23.7 Å². The number of esters is 1. The van der Waals surface area contributed by atoms with Gasteiger partial charge < -0.3 is 9.47 Å². The molecule has 1 atom stereocenters. The van der Waals surface area contributed by atoms with Crippen LogP contribution in [0.25, 0.3) is 0 Å². The number of hydrazone groups is 1. The molecule has 2 aromatic rings. The number of carbonyl (C=O) groups excluding carboxylic acids is 2. The molecule has 0 aliphatic carbocycles. The summed E-state index contributed by atoms with van der Waals surface area (Å²) in [4.78, 5) is 27.4. The van der Waals surface area contributed by atoms with Gasteiger partial charge in [0.1, 0.15) is 12.1 Å². The lowest BCUT2D eigenvalue weighted by Crippen LogP contribution is -2.45. The highest BCUT2D eigenvalue weighted by Gasteiger charge is 2.49. The molecule has 1 heterocycles. The Labute approximate surface area is 199 Å². The average Bonchev–Trinajstić information content (AvgIpc) is 3.16. The van der Waals surface area contributed by atoms with Crippen LogP contribution in [0.15, 0.2) is 53.6 Å². The van der Waals surface area contributed by atoms with E-state index in [4.69, 9.17) is 21.1 Å². The highest BCUT2D eigenvalue weighted by molar-refractivity contribution is 6.30. The summed E-state index contributed by atoms with van der Waals surface area (Å²) >= 11 is 5.98. The van der Waals surface area contributed by atoms with E-state index in [0.29, 0.717) is 16.3 Å². The fourth-order valence-corrected chi connectivity index (χ4v) is 3.65. The molecule has 182 valence electrons. The van der Waals surface area contributed by atoms with E-state index in [1.54, 1.807) is 38.1 Å². The van der Waals surface area contributed by atoms with Crippen LogP contribution in [0.2, 0.25) is 5.02 Å². The van der Waals surface area contributed by atoms with Crippen molar-refractivity contribution in [3.63, 3.8) is 0 Å². The van der Waals surface area contributed by atoms with Gasteiger partial charge in [0.2, 0.25) is 0 Å². The van der Waals surface area contributed by atoms with Gasteiger partial charge in [-0.2, -0.15) is 18.3 Å². The van der Waals surface area contributed by atoms with Crippen LogP contribution >= 0.6 is 11.6 Å². The van der Waals surface area contributed by atoms with Gasteiger partial charge in [0, 0.05) is 17.8 Å². The Bertz CT molecular complexity index is 1070. The first kappa shape index (κ1) is 25.5. The van der Waals surface area contributed by atoms with Crippen LogP contribution in [0.5, 0.6) is 0 Å². The molecule has 11 heteroatoms. The van der Waals surface area contributed by atoms with Crippen molar-refractivity contribution in [2.24, 2.45) is 10.5 Å². The third-order valence-corrected chi connectivity index (χ3v) is 5.52.